The number of amides is 2. The van der Waals surface area contributed by atoms with Gasteiger partial charge in [-0.05, 0) is 19.4 Å². The lowest BCUT2D eigenvalue weighted by atomic mass is 10.2. The van der Waals surface area contributed by atoms with E-state index in [9.17, 15) is 4.79 Å². The summed E-state index contributed by atoms with van der Waals surface area (Å²) in [5.74, 6) is 0. The maximum absolute atomic E-state index is 12.2. The van der Waals surface area contributed by atoms with Crippen molar-refractivity contribution in [3.8, 4) is 0 Å². The van der Waals surface area contributed by atoms with Crippen LogP contribution in [0.25, 0.3) is 0 Å². The molecule has 0 atom stereocenters. The summed E-state index contributed by atoms with van der Waals surface area (Å²) < 4.78 is 1.77. The van der Waals surface area contributed by atoms with Gasteiger partial charge in [-0.1, -0.05) is 30.3 Å². The van der Waals surface area contributed by atoms with Crippen LogP contribution in [0.2, 0.25) is 0 Å². The number of carbonyl (C=O) groups excluding carboxylic acids is 1. The Labute approximate surface area is 130 Å². The molecule has 0 fully saturated rings. The highest BCUT2D eigenvalue weighted by atomic mass is 16.3. The fourth-order valence-electron chi connectivity index (χ4n) is 2.18. The lowest BCUT2D eigenvalue weighted by Crippen LogP contribution is -2.41. The van der Waals surface area contributed by atoms with Crippen LogP contribution >= 0.6 is 0 Å². The van der Waals surface area contributed by atoms with Crippen LogP contribution in [0.1, 0.15) is 19.4 Å². The molecule has 2 aromatic rings. The van der Waals surface area contributed by atoms with Gasteiger partial charge in [-0.3, -0.25) is 4.68 Å². The van der Waals surface area contributed by atoms with Crippen molar-refractivity contribution in [2.24, 2.45) is 0 Å². The second-order valence-corrected chi connectivity index (χ2v) is 5.35. The highest BCUT2D eigenvalue weighted by Crippen LogP contribution is 2.10. The molecule has 1 aromatic heterocycles. The Morgan fingerprint density at radius 2 is 2.09 bits per heavy atom. The maximum Gasteiger partial charge on any atom is 0.322 e. The predicted octanol–water partition coefficient (Wildman–Crippen LogP) is 2.17. The molecule has 2 N–H and O–H groups in total. The molecule has 2 amide bonds. The summed E-state index contributed by atoms with van der Waals surface area (Å²) in [6, 6.07) is 9.78. The van der Waals surface area contributed by atoms with Crippen molar-refractivity contribution in [2.75, 3.05) is 18.5 Å². The van der Waals surface area contributed by atoms with E-state index in [0.29, 0.717) is 18.8 Å². The molecule has 6 heteroatoms. The Morgan fingerprint density at radius 3 is 2.73 bits per heavy atom. The lowest BCUT2D eigenvalue weighted by Gasteiger charge is -2.25. The number of hydrogen-bond acceptors (Lipinski definition) is 3. The van der Waals surface area contributed by atoms with Gasteiger partial charge in [0.05, 0.1) is 25.0 Å². The first-order chi connectivity index (χ1) is 10.6. The molecule has 0 saturated heterocycles. The van der Waals surface area contributed by atoms with Crippen LogP contribution in [0.15, 0.2) is 42.7 Å². The van der Waals surface area contributed by atoms with Gasteiger partial charge in [0.25, 0.3) is 0 Å². The summed E-state index contributed by atoms with van der Waals surface area (Å²) >= 11 is 0. The average Bonchev–Trinajstić information content (AvgIpc) is 2.92. The summed E-state index contributed by atoms with van der Waals surface area (Å²) in [7, 11) is 0. The van der Waals surface area contributed by atoms with E-state index in [4.69, 9.17) is 5.11 Å². The number of benzene rings is 1. The molecule has 0 radical (unpaired) electrons. The van der Waals surface area contributed by atoms with Gasteiger partial charge in [-0.2, -0.15) is 5.10 Å². The molecule has 1 aromatic carbocycles. The zero-order chi connectivity index (χ0) is 15.9. The summed E-state index contributed by atoms with van der Waals surface area (Å²) in [6.45, 7) is 4.73. The van der Waals surface area contributed by atoms with Gasteiger partial charge in [0.2, 0.25) is 0 Å². The number of aliphatic hydroxyl groups is 1. The molecule has 22 heavy (non-hydrogen) atoms. The van der Waals surface area contributed by atoms with Gasteiger partial charge in [-0.15, -0.1) is 0 Å². The van der Waals surface area contributed by atoms with Crippen LogP contribution in [0.5, 0.6) is 0 Å². The Balaban J connectivity index is 1.98. The smallest absolute Gasteiger partial charge is 0.322 e. The molecule has 0 bridgehead atoms. The molecular formula is C16H22N4O2. The fourth-order valence-corrected chi connectivity index (χ4v) is 2.18. The number of nitrogens with one attached hydrogen (secondary N) is 1. The van der Waals surface area contributed by atoms with Crippen LogP contribution in [-0.4, -0.2) is 45.0 Å². The Bertz CT molecular complexity index is 595. The van der Waals surface area contributed by atoms with Crippen LogP contribution in [0.3, 0.4) is 0 Å². The van der Waals surface area contributed by atoms with E-state index < -0.39 is 0 Å². The Hall–Kier alpha value is -2.34. The average molecular weight is 302 g/mol. The van der Waals surface area contributed by atoms with Crippen molar-refractivity contribution in [1.29, 1.82) is 0 Å². The number of aromatic nitrogens is 2. The third kappa shape index (κ3) is 4.33. The zero-order valence-corrected chi connectivity index (χ0v) is 12.9. The molecule has 0 aliphatic rings. The predicted molar refractivity (Wildman–Crippen MR) is 85.7 cm³/mol. The minimum atomic E-state index is -0.233. The van der Waals surface area contributed by atoms with Crippen molar-refractivity contribution in [3.63, 3.8) is 0 Å². The molecule has 0 spiro atoms. The standard InChI is InChI=1S/C16H22N4O2/c1-13(2)20(8-9-21)16(22)18-15-10-17-19(12-15)11-14-6-4-3-5-7-14/h3-7,10,12-13,21H,8-9,11H2,1-2H3,(H,18,22). The zero-order valence-electron chi connectivity index (χ0n) is 12.9. The molecule has 0 aliphatic heterocycles. The lowest BCUT2D eigenvalue weighted by molar-refractivity contribution is 0.172. The quantitative estimate of drug-likeness (QED) is 0.859. The molecule has 0 unspecified atom stereocenters. The van der Waals surface area contributed by atoms with Crippen LogP contribution in [-0.2, 0) is 6.54 Å². The highest BCUT2D eigenvalue weighted by molar-refractivity contribution is 5.89. The minimum Gasteiger partial charge on any atom is -0.395 e. The van der Waals surface area contributed by atoms with E-state index in [0.717, 1.165) is 5.56 Å². The molecule has 118 valence electrons. The van der Waals surface area contributed by atoms with Crippen molar-refractivity contribution >= 4 is 11.7 Å². The first kappa shape index (κ1) is 16.0. The summed E-state index contributed by atoms with van der Waals surface area (Å²) in [5, 5.41) is 16.1. The number of carbonyl (C=O) groups is 1. The first-order valence-electron chi connectivity index (χ1n) is 7.35. The third-order valence-corrected chi connectivity index (χ3v) is 3.30. The number of rotatable bonds is 6. The van der Waals surface area contributed by atoms with Crippen molar-refractivity contribution in [2.45, 2.75) is 26.4 Å². The Kier molecular flexibility index (Phi) is 5.55. The second-order valence-electron chi connectivity index (χ2n) is 5.35. The largest absolute Gasteiger partial charge is 0.395 e. The van der Waals surface area contributed by atoms with E-state index in [1.54, 1.807) is 22.0 Å². The number of urea groups is 1. The number of anilines is 1. The van der Waals surface area contributed by atoms with Gasteiger partial charge in [0.1, 0.15) is 0 Å². The van der Waals surface area contributed by atoms with E-state index in [-0.39, 0.29) is 18.7 Å². The molecule has 0 saturated carbocycles. The van der Waals surface area contributed by atoms with Crippen molar-refractivity contribution in [1.82, 2.24) is 14.7 Å². The monoisotopic (exact) mass is 302 g/mol. The van der Waals surface area contributed by atoms with Crippen LogP contribution < -0.4 is 5.32 Å². The SMILES string of the molecule is CC(C)N(CCO)C(=O)Nc1cnn(Cc2ccccc2)c1. The minimum absolute atomic E-state index is 0.0199. The normalized spacial score (nSPS) is 10.7. The fraction of sp³-hybridized carbons (Fsp3) is 0.375. The van der Waals surface area contributed by atoms with Crippen LogP contribution in [0, 0.1) is 0 Å². The molecule has 0 aliphatic carbocycles. The Morgan fingerprint density at radius 1 is 1.36 bits per heavy atom. The summed E-state index contributed by atoms with van der Waals surface area (Å²) in [5.41, 5.74) is 1.79. The van der Waals surface area contributed by atoms with Gasteiger partial charge in [-0.25, -0.2) is 4.79 Å². The molecule has 1 heterocycles. The maximum atomic E-state index is 12.2. The van der Waals surface area contributed by atoms with Gasteiger partial charge < -0.3 is 15.3 Å². The summed E-state index contributed by atoms with van der Waals surface area (Å²) in [4.78, 5) is 13.8. The molecular weight excluding hydrogens is 280 g/mol. The van der Waals surface area contributed by atoms with E-state index >= 15 is 0 Å². The van der Waals surface area contributed by atoms with Crippen molar-refractivity contribution in [3.05, 3.63) is 48.3 Å². The van der Waals surface area contributed by atoms with Gasteiger partial charge in [0.15, 0.2) is 0 Å². The topological polar surface area (TPSA) is 70.4 Å². The van der Waals surface area contributed by atoms with E-state index in [1.807, 2.05) is 44.2 Å². The first-order valence-corrected chi connectivity index (χ1v) is 7.35. The number of nitrogens with zero attached hydrogens (tertiary/aromatic N) is 3. The highest BCUT2D eigenvalue weighted by Gasteiger charge is 2.16. The second kappa shape index (κ2) is 7.61. The van der Waals surface area contributed by atoms with Gasteiger partial charge >= 0.3 is 6.03 Å². The van der Waals surface area contributed by atoms with Crippen molar-refractivity contribution < 1.29 is 9.90 Å². The van der Waals surface area contributed by atoms with Gasteiger partial charge in [0, 0.05) is 18.8 Å². The number of hydrogen-bond donors (Lipinski definition) is 2. The molecule has 2 rings (SSSR count). The third-order valence-electron chi connectivity index (χ3n) is 3.30. The molecule has 6 nitrogen and oxygen atoms in total. The summed E-state index contributed by atoms with van der Waals surface area (Å²) in [6.07, 6.45) is 3.42. The number of aliphatic hydroxyl groups excluding tert-OH is 1. The van der Waals surface area contributed by atoms with E-state index in [1.165, 1.54) is 0 Å². The van der Waals surface area contributed by atoms with E-state index in [2.05, 4.69) is 10.4 Å². The van der Waals surface area contributed by atoms with Crippen LogP contribution in [0.4, 0.5) is 10.5 Å².